The maximum atomic E-state index is 13.4. The Morgan fingerprint density at radius 1 is 1.02 bits per heavy atom. The van der Waals surface area contributed by atoms with Gasteiger partial charge >= 0.3 is 11.9 Å². The third-order valence-electron chi connectivity index (χ3n) is 9.95. The molecule has 2 aliphatic heterocycles. The van der Waals surface area contributed by atoms with E-state index in [0.717, 1.165) is 43.3 Å². The zero-order chi connectivity index (χ0) is 42.1. The molecule has 0 bridgehead atoms. The number of nitro groups is 1. The van der Waals surface area contributed by atoms with Gasteiger partial charge in [-0.1, -0.05) is 36.5 Å². The number of non-ortho nitro benzene ring substituents is 1. The van der Waals surface area contributed by atoms with Crippen LogP contribution in [0, 0.1) is 16.0 Å². The predicted molar refractivity (Wildman–Crippen MR) is 212 cm³/mol. The molecule has 4 rings (SSSR count). The van der Waals surface area contributed by atoms with E-state index in [1.807, 2.05) is 11.9 Å². The fourth-order valence-electron chi connectivity index (χ4n) is 6.89. The van der Waals surface area contributed by atoms with Crippen LogP contribution in [0.5, 0.6) is 0 Å². The first-order valence-electron chi connectivity index (χ1n) is 18.1. The van der Waals surface area contributed by atoms with Gasteiger partial charge < -0.3 is 40.2 Å². The minimum absolute atomic E-state index is 0.0224. The highest BCUT2D eigenvalue weighted by Gasteiger charge is 2.50. The number of hydrogen-bond acceptors (Lipinski definition) is 14. The standard InChI is InChI=1S/C37H47Cl3N4O12S/c1-5-6-19-15-25(43(3)16-19)33(48)42-26(18(2)38)30-28(46)29(47)31(37(56-30)57-4)55-36(51)22-9-7-21(8-10-22)35(50)54-17-24(41-34(49)32(39)40)27(45)20-11-13-23(14-12-20)44(52)53/h7-14,18-19,24-32,37,45-47H,5-6,15-17H2,1-4H3,(H,41,49)(H,42,48)/t18?,19?,24?,25?,26-,27?,28?,29?,30?,31?,37?/m1/s1. The number of nitrogens with zero attached hydrogens (tertiary/aromatic N) is 2. The van der Waals surface area contributed by atoms with Gasteiger partial charge in [0, 0.05) is 18.7 Å². The van der Waals surface area contributed by atoms with Crippen LogP contribution in [0.1, 0.15) is 65.5 Å². The molecule has 0 aliphatic carbocycles. The second-order valence-electron chi connectivity index (χ2n) is 14.0. The van der Waals surface area contributed by atoms with Gasteiger partial charge in [0.15, 0.2) is 10.9 Å². The van der Waals surface area contributed by atoms with Gasteiger partial charge in [-0.3, -0.25) is 24.6 Å². The van der Waals surface area contributed by atoms with Gasteiger partial charge in [-0.05, 0) is 80.9 Å². The molecule has 2 heterocycles. The molecule has 11 atom stereocenters. The highest BCUT2D eigenvalue weighted by molar-refractivity contribution is 7.99. The van der Waals surface area contributed by atoms with Gasteiger partial charge in [0.05, 0.1) is 39.6 Å². The summed E-state index contributed by atoms with van der Waals surface area (Å²) in [5, 5.41) is 49.0. The minimum atomic E-state index is -1.63. The number of aliphatic hydroxyl groups is 3. The highest BCUT2D eigenvalue weighted by atomic mass is 35.5. The molecule has 0 saturated carbocycles. The molecule has 5 N–H and O–H groups in total. The lowest BCUT2D eigenvalue weighted by molar-refractivity contribution is -0.384. The smallest absolute Gasteiger partial charge is 0.338 e. The lowest BCUT2D eigenvalue weighted by atomic mass is 9.92. The van der Waals surface area contributed by atoms with Crippen molar-refractivity contribution in [3.8, 4) is 0 Å². The molecule has 16 nitrogen and oxygen atoms in total. The Balaban J connectivity index is 1.39. The van der Waals surface area contributed by atoms with Crippen molar-refractivity contribution in [3.63, 3.8) is 0 Å². The quantitative estimate of drug-likeness (QED) is 0.0665. The van der Waals surface area contributed by atoms with E-state index < -0.39 is 87.6 Å². The summed E-state index contributed by atoms with van der Waals surface area (Å²) in [6, 6.07) is 7.37. The van der Waals surface area contributed by atoms with Gasteiger partial charge in [-0.15, -0.1) is 23.4 Å². The van der Waals surface area contributed by atoms with Crippen molar-refractivity contribution in [1.82, 2.24) is 15.5 Å². The van der Waals surface area contributed by atoms with E-state index in [9.17, 15) is 44.6 Å². The summed E-state index contributed by atoms with van der Waals surface area (Å²) in [5.41, 5.74) is -1.08. The third-order valence-corrected chi connectivity index (χ3v) is 11.5. The van der Waals surface area contributed by atoms with Crippen molar-refractivity contribution in [2.75, 3.05) is 26.5 Å². The average molecular weight is 878 g/mol. The van der Waals surface area contributed by atoms with E-state index in [-0.39, 0.29) is 34.3 Å². The zero-order valence-corrected chi connectivity index (χ0v) is 34.6. The molecule has 2 amide bonds. The summed E-state index contributed by atoms with van der Waals surface area (Å²) in [6.07, 6.45) is -2.84. The van der Waals surface area contributed by atoms with Crippen molar-refractivity contribution in [2.24, 2.45) is 5.92 Å². The Morgan fingerprint density at radius 3 is 2.18 bits per heavy atom. The molecule has 0 aromatic heterocycles. The first-order valence-corrected chi connectivity index (χ1v) is 20.7. The van der Waals surface area contributed by atoms with Crippen LogP contribution in [0.15, 0.2) is 48.5 Å². The van der Waals surface area contributed by atoms with Gasteiger partial charge in [0.2, 0.25) is 5.91 Å². The number of amides is 2. The number of carbonyl (C=O) groups excluding carboxylic acids is 4. The second-order valence-corrected chi connectivity index (χ2v) is 16.7. The van der Waals surface area contributed by atoms with Crippen LogP contribution >= 0.6 is 46.6 Å². The van der Waals surface area contributed by atoms with E-state index in [4.69, 9.17) is 49.0 Å². The van der Waals surface area contributed by atoms with E-state index in [1.165, 1.54) is 36.4 Å². The van der Waals surface area contributed by atoms with Gasteiger partial charge in [-0.2, -0.15) is 0 Å². The van der Waals surface area contributed by atoms with Crippen molar-refractivity contribution < 1.29 is 53.6 Å². The molecule has 20 heteroatoms. The third kappa shape index (κ3) is 11.9. The molecule has 0 spiro atoms. The lowest BCUT2D eigenvalue weighted by Gasteiger charge is -2.45. The Labute approximate surface area is 349 Å². The monoisotopic (exact) mass is 876 g/mol. The number of benzene rings is 2. The van der Waals surface area contributed by atoms with Crippen molar-refractivity contribution in [2.45, 2.75) is 97.4 Å². The Morgan fingerprint density at radius 2 is 1.63 bits per heavy atom. The minimum Gasteiger partial charge on any atom is -0.460 e. The van der Waals surface area contributed by atoms with E-state index >= 15 is 0 Å². The van der Waals surface area contributed by atoms with E-state index in [0.29, 0.717) is 12.3 Å². The number of alkyl halides is 3. The number of halogens is 3. The maximum absolute atomic E-state index is 13.4. The maximum Gasteiger partial charge on any atom is 0.338 e. The second kappa shape index (κ2) is 21.1. The van der Waals surface area contributed by atoms with E-state index in [2.05, 4.69) is 17.6 Å². The number of nitrogens with one attached hydrogen (secondary N) is 2. The van der Waals surface area contributed by atoms with Crippen LogP contribution in [0.4, 0.5) is 5.69 Å². The first kappa shape index (κ1) is 46.4. The number of thioether (sulfide) groups is 1. The average Bonchev–Trinajstić information content (AvgIpc) is 3.56. The van der Waals surface area contributed by atoms with Gasteiger partial charge in [0.1, 0.15) is 36.5 Å². The van der Waals surface area contributed by atoms with E-state index in [1.54, 1.807) is 13.2 Å². The molecule has 2 saturated heterocycles. The lowest BCUT2D eigenvalue weighted by Crippen LogP contribution is -2.65. The van der Waals surface area contributed by atoms with Crippen LogP contribution in [0.2, 0.25) is 0 Å². The molecule has 2 aromatic rings. The number of ether oxygens (including phenoxy) is 3. The normalized spacial score (nSPS) is 25.8. The Hall–Kier alpha value is -3.26. The predicted octanol–water partition coefficient (Wildman–Crippen LogP) is 3.34. The van der Waals surface area contributed by atoms with Crippen molar-refractivity contribution in [3.05, 3.63) is 75.3 Å². The molecular weight excluding hydrogens is 831 g/mol. The number of rotatable bonds is 17. The molecule has 57 heavy (non-hydrogen) atoms. The number of esters is 2. The number of likely N-dealkylation sites (N-methyl/N-ethyl adjacent to an activating group) is 1. The highest BCUT2D eigenvalue weighted by Crippen LogP contribution is 2.33. The van der Waals surface area contributed by atoms with Crippen LogP contribution in [0.25, 0.3) is 0 Å². The number of hydrogen-bond donors (Lipinski definition) is 5. The SMILES string of the molecule is CCCC1CC(C(=O)N[C@H](C(C)Cl)C2OC(SC)C(OC(=O)c3ccc(C(=O)OCC(NC(=O)C(Cl)Cl)C(O)c4ccc([N+](=O)[O-])cc4)cc3)C(O)C2O)N(C)C1. The Kier molecular flexibility index (Phi) is 17.2. The topological polar surface area (TPSA) is 227 Å². The summed E-state index contributed by atoms with van der Waals surface area (Å²) in [4.78, 5) is 62.7. The zero-order valence-electron chi connectivity index (χ0n) is 31.5. The molecule has 10 unspecified atom stereocenters. The number of nitro benzene ring substituents is 1. The number of aliphatic hydroxyl groups excluding tert-OH is 3. The molecule has 2 fully saturated rings. The van der Waals surface area contributed by atoms with Gasteiger partial charge in [-0.25, -0.2) is 9.59 Å². The first-order chi connectivity index (χ1) is 27.0. The van der Waals surface area contributed by atoms with Crippen molar-refractivity contribution in [1.29, 1.82) is 0 Å². The molecular formula is C37H47Cl3N4O12S. The molecule has 2 aliphatic rings. The number of carbonyl (C=O) groups is 4. The molecule has 0 radical (unpaired) electrons. The molecule has 314 valence electrons. The van der Waals surface area contributed by atoms with Gasteiger partial charge in [0.25, 0.3) is 11.6 Å². The summed E-state index contributed by atoms with van der Waals surface area (Å²) >= 11 is 18.9. The number of likely N-dealkylation sites (tertiary alicyclic amines) is 1. The fourth-order valence-corrected chi connectivity index (χ4v) is 7.95. The van der Waals surface area contributed by atoms with Crippen LogP contribution in [-0.4, -0.2) is 134 Å². The largest absolute Gasteiger partial charge is 0.460 e. The summed E-state index contributed by atoms with van der Waals surface area (Å²) in [5.74, 6) is -2.57. The van der Waals surface area contributed by atoms with Crippen molar-refractivity contribution >= 4 is 76.0 Å². The van der Waals surface area contributed by atoms with Crippen LogP contribution in [0.3, 0.4) is 0 Å². The fraction of sp³-hybridized carbons (Fsp3) is 0.568. The summed E-state index contributed by atoms with van der Waals surface area (Å²) in [6.45, 7) is 3.96. The van der Waals surface area contributed by atoms with Crippen LogP contribution < -0.4 is 10.6 Å². The molecule has 2 aromatic carbocycles. The summed E-state index contributed by atoms with van der Waals surface area (Å²) in [7, 11) is 1.88. The van der Waals surface area contributed by atoms with Crippen LogP contribution in [-0.2, 0) is 23.8 Å². The Bertz CT molecular complexity index is 1710. The summed E-state index contributed by atoms with van der Waals surface area (Å²) < 4.78 is 17.1.